The van der Waals surface area contributed by atoms with Crippen molar-refractivity contribution in [3.05, 3.63) is 0 Å². The molecule has 0 aromatic rings. The molecule has 0 aromatic carbocycles. The van der Waals surface area contributed by atoms with E-state index in [2.05, 4.69) is 0 Å². The van der Waals surface area contributed by atoms with E-state index in [-0.39, 0.29) is 11.7 Å². The number of carboxylic acids is 1. The maximum atomic E-state index is 11.0. The van der Waals surface area contributed by atoms with Crippen molar-refractivity contribution in [1.29, 1.82) is 0 Å². The summed E-state index contributed by atoms with van der Waals surface area (Å²) in [7, 11) is 0. The molecule has 0 saturated heterocycles. The molecule has 0 spiro atoms. The lowest BCUT2D eigenvalue weighted by atomic mass is 9.76. The van der Waals surface area contributed by atoms with Crippen LogP contribution in [0.5, 0.6) is 0 Å². The molecule has 0 saturated carbocycles. The van der Waals surface area contributed by atoms with E-state index < -0.39 is 11.4 Å². The summed E-state index contributed by atoms with van der Waals surface area (Å²) in [4.78, 5) is 21.7. The molecule has 0 amide bonds. The van der Waals surface area contributed by atoms with Crippen LogP contribution in [0.1, 0.15) is 27.7 Å². The number of Topliss-reactive ketones (excluding diaryl/α,β-unsaturated/α-hetero) is 1. The number of carboxylic acid groups (broad SMARTS) is 1. The zero-order valence-electron chi connectivity index (χ0n) is 7.34. The second-order valence-electron chi connectivity index (χ2n) is 3.22. The molecule has 11 heavy (non-hydrogen) atoms. The van der Waals surface area contributed by atoms with Crippen molar-refractivity contribution in [2.75, 3.05) is 0 Å². The summed E-state index contributed by atoms with van der Waals surface area (Å²) in [6.07, 6.45) is 0. The van der Waals surface area contributed by atoms with Crippen molar-refractivity contribution < 1.29 is 14.7 Å². The molecule has 0 aliphatic heterocycles. The number of rotatable bonds is 3. The highest BCUT2D eigenvalue weighted by Crippen LogP contribution is 2.27. The van der Waals surface area contributed by atoms with Gasteiger partial charge in [0.05, 0.1) is 0 Å². The molecule has 0 aliphatic carbocycles. The quantitative estimate of drug-likeness (QED) is 0.630. The molecule has 0 rings (SSSR count). The van der Waals surface area contributed by atoms with Crippen molar-refractivity contribution >= 4 is 11.8 Å². The van der Waals surface area contributed by atoms with Gasteiger partial charge in [-0.3, -0.25) is 9.59 Å². The molecule has 1 unspecified atom stereocenters. The predicted molar refractivity (Wildman–Crippen MR) is 41.3 cm³/mol. The van der Waals surface area contributed by atoms with E-state index in [1.54, 1.807) is 13.8 Å². The van der Waals surface area contributed by atoms with Gasteiger partial charge in [-0.15, -0.1) is 0 Å². The molecule has 0 fully saturated rings. The van der Waals surface area contributed by atoms with E-state index in [4.69, 9.17) is 5.11 Å². The van der Waals surface area contributed by atoms with E-state index in [1.165, 1.54) is 13.8 Å². The predicted octanol–water partition coefficient (Wildman–Crippen LogP) is 1.32. The number of hydrogen-bond donors (Lipinski definition) is 1. The fraction of sp³-hybridized carbons (Fsp3) is 0.750. The maximum Gasteiger partial charge on any atom is 0.317 e. The second kappa shape index (κ2) is 3.03. The summed E-state index contributed by atoms with van der Waals surface area (Å²) in [6.45, 7) is 6.24. The average Bonchev–Trinajstić information content (AvgIpc) is 1.84. The van der Waals surface area contributed by atoms with Crippen LogP contribution in [0.3, 0.4) is 0 Å². The Kier molecular flexibility index (Phi) is 2.79. The first-order valence-electron chi connectivity index (χ1n) is 3.58. The third kappa shape index (κ3) is 1.59. The summed E-state index contributed by atoms with van der Waals surface area (Å²) in [5.74, 6) is -1.50. The molecule has 0 aromatic heterocycles. The zero-order valence-corrected chi connectivity index (χ0v) is 7.34. The van der Waals surface area contributed by atoms with E-state index in [0.717, 1.165) is 0 Å². The number of carbonyl (C=O) groups is 2. The van der Waals surface area contributed by atoms with Gasteiger partial charge in [0, 0.05) is 0 Å². The molecule has 1 N–H and O–H groups in total. The lowest BCUT2D eigenvalue weighted by Crippen LogP contribution is -2.39. The lowest BCUT2D eigenvalue weighted by Gasteiger charge is -2.25. The summed E-state index contributed by atoms with van der Waals surface area (Å²) in [5.41, 5.74) is -1.22. The summed E-state index contributed by atoms with van der Waals surface area (Å²) in [5, 5.41) is 8.75. The molecule has 0 bridgehead atoms. The van der Waals surface area contributed by atoms with Crippen LogP contribution in [-0.2, 0) is 9.59 Å². The van der Waals surface area contributed by atoms with Crippen LogP contribution in [0, 0.1) is 11.3 Å². The normalized spacial score (nSPS) is 16.1. The van der Waals surface area contributed by atoms with Crippen molar-refractivity contribution in [2.24, 2.45) is 11.3 Å². The molecule has 0 radical (unpaired) electrons. The van der Waals surface area contributed by atoms with Gasteiger partial charge in [-0.25, -0.2) is 0 Å². The third-order valence-electron chi connectivity index (χ3n) is 2.33. The molecule has 0 heterocycles. The fourth-order valence-corrected chi connectivity index (χ4v) is 0.804. The van der Waals surface area contributed by atoms with Crippen LogP contribution in [-0.4, -0.2) is 16.9 Å². The topological polar surface area (TPSA) is 54.4 Å². The minimum Gasteiger partial charge on any atom is -0.480 e. The SMILES string of the molecule is CC(=O)C(C)(C(=O)O)C(C)C. The number of aliphatic carboxylic acids is 1. The van der Waals surface area contributed by atoms with Gasteiger partial charge >= 0.3 is 5.97 Å². The average molecular weight is 158 g/mol. The smallest absolute Gasteiger partial charge is 0.317 e. The van der Waals surface area contributed by atoms with E-state index in [0.29, 0.717) is 0 Å². The Balaban J connectivity index is 4.82. The van der Waals surface area contributed by atoms with Crippen LogP contribution in [0.2, 0.25) is 0 Å². The molecule has 64 valence electrons. The Hall–Kier alpha value is -0.860. The molecule has 1 atom stereocenters. The van der Waals surface area contributed by atoms with Gasteiger partial charge in [-0.1, -0.05) is 13.8 Å². The first kappa shape index (κ1) is 10.1. The van der Waals surface area contributed by atoms with Gasteiger partial charge in [0.25, 0.3) is 0 Å². The van der Waals surface area contributed by atoms with E-state index >= 15 is 0 Å². The van der Waals surface area contributed by atoms with E-state index in [1.807, 2.05) is 0 Å². The third-order valence-corrected chi connectivity index (χ3v) is 2.33. The van der Waals surface area contributed by atoms with Crippen LogP contribution in [0.15, 0.2) is 0 Å². The van der Waals surface area contributed by atoms with Gasteiger partial charge < -0.3 is 5.11 Å². The van der Waals surface area contributed by atoms with Gasteiger partial charge in [-0.2, -0.15) is 0 Å². The van der Waals surface area contributed by atoms with Crippen molar-refractivity contribution in [3.8, 4) is 0 Å². The summed E-state index contributed by atoms with van der Waals surface area (Å²) < 4.78 is 0. The van der Waals surface area contributed by atoms with Crippen LogP contribution in [0.4, 0.5) is 0 Å². The van der Waals surface area contributed by atoms with Crippen molar-refractivity contribution in [1.82, 2.24) is 0 Å². The number of ketones is 1. The van der Waals surface area contributed by atoms with Gasteiger partial charge in [0.1, 0.15) is 11.2 Å². The van der Waals surface area contributed by atoms with Crippen LogP contribution < -0.4 is 0 Å². The highest BCUT2D eigenvalue weighted by Gasteiger charge is 2.41. The molecule has 0 aliphatic rings. The largest absolute Gasteiger partial charge is 0.480 e. The molecular formula is C8H14O3. The summed E-state index contributed by atoms with van der Waals surface area (Å²) in [6, 6.07) is 0. The van der Waals surface area contributed by atoms with Crippen molar-refractivity contribution in [2.45, 2.75) is 27.7 Å². The Labute approximate surface area is 66.4 Å². The van der Waals surface area contributed by atoms with Gasteiger partial charge in [0.15, 0.2) is 0 Å². The summed E-state index contributed by atoms with van der Waals surface area (Å²) >= 11 is 0. The fourth-order valence-electron chi connectivity index (χ4n) is 0.804. The first-order chi connectivity index (χ1) is 4.83. The van der Waals surface area contributed by atoms with Gasteiger partial charge in [-0.05, 0) is 19.8 Å². The Morgan fingerprint density at radius 2 is 1.73 bits per heavy atom. The Morgan fingerprint density at radius 1 is 1.36 bits per heavy atom. The highest BCUT2D eigenvalue weighted by molar-refractivity contribution is 6.01. The minimum atomic E-state index is -1.22. The monoisotopic (exact) mass is 158 g/mol. The number of hydrogen-bond acceptors (Lipinski definition) is 2. The molecule has 3 nitrogen and oxygen atoms in total. The van der Waals surface area contributed by atoms with Crippen molar-refractivity contribution in [3.63, 3.8) is 0 Å². The van der Waals surface area contributed by atoms with Crippen LogP contribution in [0.25, 0.3) is 0 Å². The standard InChI is InChI=1S/C8H14O3/c1-5(2)8(4,6(3)9)7(10)11/h5H,1-4H3,(H,10,11). The van der Waals surface area contributed by atoms with Gasteiger partial charge in [0.2, 0.25) is 0 Å². The Bertz CT molecular complexity index is 168. The van der Waals surface area contributed by atoms with Crippen LogP contribution >= 0.6 is 0 Å². The first-order valence-corrected chi connectivity index (χ1v) is 3.58. The zero-order chi connectivity index (χ0) is 9.23. The number of carbonyl (C=O) groups excluding carboxylic acids is 1. The highest BCUT2D eigenvalue weighted by atomic mass is 16.4. The molecule has 3 heteroatoms. The minimum absolute atomic E-state index is 0.169. The lowest BCUT2D eigenvalue weighted by molar-refractivity contribution is -0.156. The second-order valence-corrected chi connectivity index (χ2v) is 3.22. The Morgan fingerprint density at radius 3 is 1.73 bits per heavy atom. The van der Waals surface area contributed by atoms with E-state index in [9.17, 15) is 9.59 Å². The maximum absolute atomic E-state index is 11.0. The molecular weight excluding hydrogens is 144 g/mol.